The minimum atomic E-state index is -0.502. The summed E-state index contributed by atoms with van der Waals surface area (Å²) in [6, 6.07) is 1.51. The van der Waals surface area contributed by atoms with Crippen LogP contribution in [0.15, 0.2) is 12.6 Å². The van der Waals surface area contributed by atoms with Crippen molar-refractivity contribution in [3.05, 3.63) is 39.5 Å². The average molecular weight is 409 g/mol. The highest BCUT2D eigenvalue weighted by Crippen LogP contribution is 2.45. The van der Waals surface area contributed by atoms with E-state index in [1.54, 1.807) is 17.0 Å². The molecule has 6 nitrogen and oxygen atoms in total. The smallest absolute Gasteiger partial charge is 0.303 e. The zero-order valence-electron chi connectivity index (χ0n) is 15.1. The molecule has 0 unspecified atom stereocenters. The maximum Gasteiger partial charge on any atom is 0.303 e. The van der Waals surface area contributed by atoms with E-state index < -0.39 is 5.97 Å². The zero-order valence-corrected chi connectivity index (χ0v) is 16.6. The predicted molar refractivity (Wildman–Crippen MR) is 104 cm³/mol. The van der Waals surface area contributed by atoms with Crippen LogP contribution in [0.3, 0.4) is 0 Å². The first-order valence-corrected chi connectivity index (χ1v) is 8.99. The second-order valence-electron chi connectivity index (χ2n) is 6.17. The number of methoxy groups -OCH3 is 1. The van der Waals surface area contributed by atoms with Gasteiger partial charge in [0.05, 0.1) is 29.4 Å². The number of rotatable bonds is 4. The normalized spacial score (nSPS) is 15.6. The summed E-state index contributed by atoms with van der Waals surface area (Å²) in [5, 5.41) is 1.33. The molecule has 142 valence electrons. The summed E-state index contributed by atoms with van der Waals surface area (Å²) in [5.74, 6) is -0.358. The number of amides is 1. The lowest BCUT2D eigenvalue weighted by atomic mass is 9.98. The molecule has 3 rings (SSSR count). The Labute approximate surface area is 166 Å². The standard InChI is InChI=1S/C19H18Cl2N2O4/c1-5-13-12-7-23(15(25)8-27-10(3)24)9(2)16(12)11-6-14(26-4)17(20)18(21)19(11)22-13/h5-6,9H,1,7-8H2,2-4H3/t9-/m0/s1. The van der Waals surface area contributed by atoms with Crippen molar-refractivity contribution in [2.45, 2.75) is 26.4 Å². The summed E-state index contributed by atoms with van der Waals surface area (Å²) in [6.07, 6.45) is 1.62. The molecule has 1 aromatic heterocycles. The Kier molecular flexibility index (Phi) is 5.31. The fourth-order valence-corrected chi connectivity index (χ4v) is 3.83. The van der Waals surface area contributed by atoms with Gasteiger partial charge in [-0.2, -0.15) is 0 Å². The van der Waals surface area contributed by atoms with E-state index in [9.17, 15) is 9.59 Å². The number of benzene rings is 1. The highest BCUT2D eigenvalue weighted by molar-refractivity contribution is 6.46. The van der Waals surface area contributed by atoms with Crippen molar-refractivity contribution in [2.75, 3.05) is 13.7 Å². The molecule has 0 N–H and O–H groups in total. The Morgan fingerprint density at radius 2 is 2.11 bits per heavy atom. The first kappa shape index (κ1) is 19.5. The van der Waals surface area contributed by atoms with Crippen LogP contribution in [-0.2, 0) is 20.9 Å². The van der Waals surface area contributed by atoms with Crippen LogP contribution in [-0.4, -0.2) is 35.5 Å². The third-order valence-corrected chi connectivity index (χ3v) is 5.49. The molecule has 0 spiro atoms. The second-order valence-corrected chi connectivity index (χ2v) is 6.93. The number of carbonyl (C=O) groups excluding carboxylic acids is 2. The summed E-state index contributed by atoms with van der Waals surface area (Å²) in [6.45, 7) is 7.02. The van der Waals surface area contributed by atoms with Gasteiger partial charge in [-0.3, -0.25) is 9.59 Å². The first-order chi connectivity index (χ1) is 12.8. The number of nitrogens with zero attached hydrogens (tertiary/aromatic N) is 2. The lowest BCUT2D eigenvalue weighted by molar-refractivity contribution is -0.151. The summed E-state index contributed by atoms with van der Waals surface area (Å²) in [5.41, 5.74) is 2.94. The quantitative estimate of drug-likeness (QED) is 0.710. The molecule has 0 saturated heterocycles. The van der Waals surface area contributed by atoms with E-state index in [-0.39, 0.29) is 28.6 Å². The number of pyridine rings is 1. The highest BCUT2D eigenvalue weighted by atomic mass is 35.5. The van der Waals surface area contributed by atoms with Crippen LogP contribution in [0.25, 0.3) is 17.0 Å². The molecule has 27 heavy (non-hydrogen) atoms. The summed E-state index contributed by atoms with van der Waals surface area (Å²) < 4.78 is 10.2. The van der Waals surface area contributed by atoms with Crippen molar-refractivity contribution >= 4 is 52.1 Å². The Hall–Kier alpha value is -2.31. The minimum absolute atomic E-state index is 0.269. The van der Waals surface area contributed by atoms with Gasteiger partial charge in [0.15, 0.2) is 6.61 Å². The number of aromatic nitrogens is 1. The lowest BCUT2D eigenvalue weighted by Crippen LogP contribution is -2.32. The van der Waals surface area contributed by atoms with Crippen LogP contribution >= 0.6 is 23.2 Å². The summed E-state index contributed by atoms with van der Waals surface area (Å²) >= 11 is 12.7. The maximum atomic E-state index is 12.5. The molecule has 2 aromatic rings. The van der Waals surface area contributed by atoms with Gasteiger partial charge in [0, 0.05) is 24.4 Å². The molecule has 1 aliphatic heterocycles. The molecule has 1 aromatic carbocycles. The van der Waals surface area contributed by atoms with Crippen molar-refractivity contribution in [1.29, 1.82) is 0 Å². The predicted octanol–water partition coefficient (Wildman–Crippen LogP) is 4.16. The van der Waals surface area contributed by atoms with Crippen molar-refractivity contribution in [3.63, 3.8) is 0 Å². The fourth-order valence-electron chi connectivity index (χ4n) is 3.37. The number of esters is 1. The molecule has 0 saturated carbocycles. The summed E-state index contributed by atoms with van der Waals surface area (Å²) in [7, 11) is 1.51. The number of hydrogen-bond donors (Lipinski definition) is 0. The molecule has 2 heterocycles. The molecule has 0 radical (unpaired) electrons. The van der Waals surface area contributed by atoms with Crippen LogP contribution in [0, 0.1) is 0 Å². The number of carbonyl (C=O) groups is 2. The lowest BCUT2D eigenvalue weighted by Gasteiger charge is -2.22. The number of hydrogen-bond acceptors (Lipinski definition) is 5. The molecule has 0 aliphatic carbocycles. The minimum Gasteiger partial charge on any atom is -0.495 e. The monoisotopic (exact) mass is 408 g/mol. The van der Waals surface area contributed by atoms with Crippen molar-refractivity contribution in [2.24, 2.45) is 0 Å². The van der Waals surface area contributed by atoms with Crippen LogP contribution in [0.4, 0.5) is 0 Å². The highest BCUT2D eigenvalue weighted by Gasteiger charge is 2.35. The van der Waals surface area contributed by atoms with E-state index in [4.69, 9.17) is 32.7 Å². The zero-order chi connectivity index (χ0) is 19.9. The number of halogens is 2. The van der Waals surface area contributed by atoms with E-state index in [0.29, 0.717) is 23.5 Å². The van der Waals surface area contributed by atoms with E-state index in [1.165, 1.54) is 14.0 Å². The van der Waals surface area contributed by atoms with Gasteiger partial charge in [0.25, 0.3) is 5.91 Å². The fraction of sp³-hybridized carbons (Fsp3) is 0.316. The van der Waals surface area contributed by atoms with Crippen LogP contribution in [0.5, 0.6) is 5.75 Å². The van der Waals surface area contributed by atoms with Crippen molar-refractivity contribution < 1.29 is 19.1 Å². The maximum absolute atomic E-state index is 12.5. The molecular weight excluding hydrogens is 391 g/mol. The molecule has 0 fully saturated rings. The molecule has 1 atom stereocenters. The van der Waals surface area contributed by atoms with Gasteiger partial charge < -0.3 is 14.4 Å². The van der Waals surface area contributed by atoms with Crippen LogP contribution in [0.1, 0.15) is 36.7 Å². The van der Waals surface area contributed by atoms with Crippen LogP contribution < -0.4 is 4.74 Å². The SMILES string of the molecule is C=Cc1nc2c(Cl)c(Cl)c(OC)cc2c2c1CN(C(=O)COC(C)=O)[C@H]2C. The van der Waals surface area contributed by atoms with E-state index in [0.717, 1.165) is 16.5 Å². The van der Waals surface area contributed by atoms with Gasteiger partial charge in [0.2, 0.25) is 0 Å². The Morgan fingerprint density at radius 3 is 2.70 bits per heavy atom. The first-order valence-electron chi connectivity index (χ1n) is 8.23. The van der Waals surface area contributed by atoms with E-state index in [2.05, 4.69) is 11.6 Å². The molecule has 0 bridgehead atoms. The van der Waals surface area contributed by atoms with Gasteiger partial charge in [-0.1, -0.05) is 29.8 Å². The average Bonchev–Trinajstić information content (AvgIpc) is 2.99. The van der Waals surface area contributed by atoms with Gasteiger partial charge in [0.1, 0.15) is 10.8 Å². The van der Waals surface area contributed by atoms with Gasteiger partial charge >= 0.3 is 5.97 Å². The third kappa shape index (κ3) is 3.24. The largest absolute Gasteiger partial charge is 0.495 e. The molecule has 8 heteroatoms. The molecule has 1 amide bonds. The van der Waals surface area contributed by atoms with Gasteiger partial charge in [-0.05, 0) is 24.6 Å². The van der Waals surface area contributed by atoms with Crippen LogP contribution in [0.2, 0.25) is 10.0 Å². The Bertz CT molecular complexity index is 974. The van der Waals surface area contributed by atoms with Gasteiger partial charge in [-0.25, -0.2) is 4.98 Å². The Balaban J connectivity index is 2.16. The second kappa shape index (κ2) is 7.37. The number of fused-ring (bicyclic) bond motifs is 3. The molecule has 1 aliphatic rings. The van der Waals surface area contributed by atoms with Crippen molar-refractivity contribution in [3.8, 4) is 5.75 Å². The molecular formula is C19H18Cl2N2O4. The topological polar surface area (TPSA) is 68.7 Å². The number of ether oxygens (including phenoxy) is 2. The van der Waals surface area contributed by atoms with Gasteiger partial charge in [-0.15, -0.1) is 0 Å². The third-order valence-electron chi connectivity index (χ3n) is 4.65. The van der Waals surface area contributed by atoms with Crippen molar-refractivity contribution in [1.82, 2.24) is 9.88 Å². The summed E-state index contributed by atoms with van der Waals surface area (Å²) in [4.78, 5) is 29.8. The van der Waals surface area contributed by atoms with E-state index in [1.807, 2.05) is 6.92 Å². The Morgan fingerprint density at radius 1 is 1.41 bits per heavy atom. The van der Waals surface area contributed by atoms with E-state index >= 15 is 0 Å².